The van der Waals surface area contributed by atoms with Gasteiger partial charge in [-0.3, -0.25) is 4.79 Å². The molecule has 4 nitrogen and oxygen atoms in total. The number of hydrogen-bond donors (Lipinski definition) is 2. The van der Waals surface area contributed by atoms with Crippen molar-refractivity contribution in [1.29, 1.82) is 0 Å². The number of aromatic hydroxyl groups is 1. The minimum atomic E-state index is -1.67. The highest BCUT2D eigenvalue weighted by Crippen LogP contribution is 2.42. The number of halogens is 1. The fourth-order valence-corrected chi connectivity index (χ4v) is 3.62. The number of aliphatic hydroxyl groups is 1. The topological polar surface area (TPSA) is 60.8 Å². The summed E-state index contributed by atoms with van der Waals surface area (Å²) in [5, 5.41) is 21.2. The second-order valence-corrected chi connectivity index (χ2v) is 6.60. The lowest BCUT2D eigenvalue weighted by atomic mass is 9.93. The number of rotatable bonds is 4. The van der Waals surface area contributed by atoms with E-state index >= 15 is 0 Å². The lowest BCUT2D eigenvalue weighted by Crippen LogP contribution is -2.45. The highest BCUT2D eigenvalue weighted by Gasteiger charge is 2.49. The predicted molar refractivity (Wildman–Crippen MR) is 98.7 cm³/mol. The van der Waals surface area contributed by atoms with Gasteiger partial charge in [0.25, 0.3) is 5.91 Å². The highest BCUT2D eigenvalue weighted by atomic mass is 19.1. The third-order valence-electron chi connectivity index (χ3n) is 4.95. The number of phenolic OH excluding ortho intramolecular Hbond substituents is 1. The predicted octanol–water partition coefficient (Wildman–Crippen LogP) is 3.42. The van der Waals surface area contributed by atoms with Crippen LogP contribution in [-0.2, 0) is 12.1 Å². The molecule has 1 heterocycles. The fraction of sp³-hybridized carbons (Fsp3) is 0.136. The van der Waals surface area contributed by atoms with E-state index in [0.717, 1.165) is 5.56 Å². The molecule has 1 aliphatic rings. The molecule has 136 valence electrons. The molecule has 4 rings (SSSR count). The standard InChI is InChI=1S/C22H18FNO3/c23-17-10-8-16(9-11-17)22(27)20-7-2-1-6-19(20)21(26)24(22)13-12-15-4-3-5-18(25)14-15/h1-11,14,25,27H,12-13H2. The summed E-state index contributed by atoms with van der Waals surface area (Å²) in [6, 6.07) is 19.2. The van der Waals surface area contributed by atoms with Gasteiger partial charge in [0, 0.05) is 23.2 Å². The molecule has 3 aromatic carbocycles. The highest BCUT2D eigenvalue weighted by molar-refractivity contribution is 6.00. The Morgan fingerprint density at radius 1 is 0.963 bits per heavy atom. The van der Waals surface area contributed by atoms with E-state index in [4.69, 9.17) is 0 Å². The average Bonchev–Trinajstić information content (AvgIpc) is 2.89. The van der Waals surface area contributed by atoms with Crippen LogP contribution in [0.2, 0.25) is 0 Å². The van der Waals surface area contributed by atoms with E-state index in [-0.39, 0.29) is 18.2 Å². The lowest BCUT2D eigenvalue weighted by Gasteiger charge is -2.35. The summed E-state index contributed by atoms with van der Waals surface area (Å²) < 4.78 is 13.4. The molecule has 1 atom stereocenters. The van der Waals surface area contributed by atoms with E-state index in [2.05, 4.69) is 0 Å². The first-order valence-corrected chi connectivity index (χ1v) is 8.68. The van der Waals surface area contributed by atoms with E-state index in [1.807, 2.05) is 6.07 Å². The van der Waals surface area contributed by atoms with Crippen molar-refractivity contribution in [3.63, 3.8) is 0 Å². The van der Waals surface area contributed by atoms with Crippen molar-refractivity contribution in [2.45, 2.75) is 12.1 Å². The summed E-state index contributed by atoms with van der Waals surface area (Å²) in [6.45, 7) is 0.241. The number of benzene rings is 3. The molecule has 1 unspecified atom stereocenters. The number of amides is 1. The molecule has 5 heteroatoms. The van der Waals surface area contributed by atoms with Gasteiger partial charge in [0.2, 0.25) is 0 Å². The first kappa shape index (κ1) is 17.2. The number of phenols is 1. The second kappa shape index (κ2) is 6.52. The number of nitrogens with zero attached hydrogens (tertiary/aromatic N) is 1. The molecule has 1 amide bonds. The minimum absolute atomic E-state index is 0.150. The van der Waals surface area contributed by atoms with Gasteiger partial charge in [0.05, 0.1) is 0 Å². The molecule has 0 saturated heterocycles. The van der Waals surface area contributed by atoms with E-state index < -0.39 is 11.5 Å². The van der Waals surface area contributed by atoms with E-state index in [1.54, 1.807) is 42.5 Å². The van der Waals surface area contributed by atoms with Gasteiger partial charge < -0.3 is 15.1 Å². The van der Waals surface area contributed by atoms with Crippen LogP contribution in [0.3, 0.4) is 0 Å². The lowest BCUT2D eigenvalue weighted by molar-refractivity contribution is -0.0494. The molecular formula is C22H18FNO3. The van der Waals surface area contributed by atoms with Crippen molar-refractivity contribution in [2.75, 3.05) is 6.54 Å². The molecule has 0 bridgehead atoms. The summed E-state index contributed by atoms with van der Waals surface area (Å²) in [5.41, 5.74) is 0.522. The van der Waals surface area contributed by atoms with Crippen LogP contribution in [0.25, 0.3) is 0 Å². The van der Waals surface area contributed by atoms with Gasteiger partial charge in [-0.25, -0.2) is 4.39 Å². The van der Waals surface area contributed by atoms with Crippen LogP contribution in [0.15, 0.2) is 72.8 Å². The van der Waals surface area contributed by atoms with Crippen LogP contribution < -0.4 is 0 Å². The van der Waals surface area contributed by atoms with Crippen molar-refractivity contribution in [3.05, 3.63) is 101 Å². The Morgan fingerprint density at radius 3 is 2.44 bits per heavy atom. The van der Waals surface area contributed by atoms with Crippen LogP contribution >= 0.6 is 0 Å². The molecule has 0 radical (unpaired) electrons. The third-order valence-corrected chi connectivity index (χ3v) is 4.95. The maximum Gasteiger partial charge on any atom is 0.257 e. The normalized spacial score (nSPS) is 18.6. The quantitative estimate of drug-likeness (QED) is 0.747. The Hall–Kier alpha value is -3.18. The summed E-state index contributed by atoms with van der Waals surface area (Å²) in [6.07, 6.45) is 0.456. The van der Waals surface area contributed by atoms with Gasteiger partial charge in [0.15, 0.2) is 5.72 Å². The van der Waals surface area contributed by atoms with Crippen molar-refractivity contribution >= 4 is 5.91 Å². The summed E-state index contributed by atoms with van der Waals surface area (Å²) in [7, 11) is 0. The van der Waals surface area contributed by atoms with E-state index in [0.29, 0.717) is 23.1 Å². The van der Waals surface area contributed by atoms with Gasteiger partial charge in [-0.1, -0.05) is 42.5 Å². The van der Waals surface area contributed by atoms with Crippen molar-refractivity contribution in [2.24, 2.45) is 0 Å². The molecule has 0 spiro atoms. The first-order chi connectivity index (χ1) is 13.0. The second-order valence-electron chi connectivity index (χ2n) is 6.60. The van der Waals surface area contributed by atoms with Crippen LogP contribution in [0.1, 0.15) is 27.0 Å². The smallest absolute Gasteiger partial charge is 0.257 e. The third kappa shape index (κ3) is 2.86. The monoisotopic (exact) mass is 363 g/mol. The molecule has 2 N–H and O–H groups in total. The van der Waals surface area contributed by atoms with E-state index in [9.17, 15) is 19.4 Å². The Morgan fingerprint density at radius 2 is 1.70 bits per heavy atom. The van der Waals surface area contributed by atoms with E-state index in [1.165, 1.54) is 29.2 Å². The zero-order valence-electron chi connectivity index (χ0n) is 14.5. The van der Waals surface area contributed by atoms with Gasteiger partial charge in [-0.15, -0.1) is 0 Å². The number of fused-ring (bicyclic) bond motifs is 1. The Bertz CT molecular complexity index is 1000. The molecule has 1 aliphatic heterocycles. The summed E-state index contributed by atoms with van der Waals surface area (Å²) >= 11 is 0. The van der Waals surface area contributed by atoms with Gasteiger partial charge in [-0.05, 0) is 42.3 Å². The van der Waals surface area contributed by atoms with Gasteiger partial charge in [0.1, 0.15) is 11.6 Å². The maximum atomic E-state index is 13.4. The summed E-state index contributed by atoms with van der Waals surface area (Å²) in [5.74, 6) is -0.541. The van der Waals surface area contributed by atoms with Crippen LogP contribution in [-0.4, -0.2) is 27.6 Å². The van der Waals surface area contributed by atoms with Crippen LogP contribution in [0, 0.1) is 5.82 Å². The average molecular weight is 363 g/mol. The SMILES string of the molecule is O=C1c2ccccc2C(O)(c2ccc(F)cc2)N1CCc1cccc(O)c1. The van der Waals surface area contributed by atoms with Crippen molar-refractivity contribution in [3.8, 4) is 5.75 Å². The Balaban J connectivity index is 1.74. The summed E-state index contributed by atoms with van der Waals surface area (Å²) in [4.78, 5) is 14.4. The number of carbonyl (C=O) groups is 1. The Labute approximate surface area is 156 Å². The van der Waals surface area contributed by atoms with Crippen LogP contribution in [0.4, 0.5) is 4.39 Å². The first-order valence-electron chi connectivity index (χ1n) is 8.68. The largest absolute Gasteiger partial charge is 0.508 e. The molecule has 0 fully saturated rings. The molecule has 0 saturated carbocycles. The van der Waals surface area contributed by atoms with Crippen LogP contribution in [0.5, 0.6) is 5.75 Å². The molecule has 0 aliphatic carbocycles. The number of hydrogen-bond acceptors (Lipinski definition) is 3. The molecule has 0 aromatic heterocycles. The van der Waals surface area contributed by atoms with Gasteiger partial charge >= 0.3 is 0 Å². The van der Waals surface area contributed by atoms with Crippen molar-refractivity contribution < 1.29 is 19.4 Å². The minimum Gasteiger partial charge on any atom is -0.508 e. The molecular weight excluding hydrogens is 345 g/mol. The zero-order chi connectivity index (χ0) is 19.0. The molecule has 27 heavy (non-hydrogen) atoms. The maximum absolute atomic E-state index is 13.4. The van der Waals surface area contributed by atoms with Gasteiger partial charge in [-0.2, -0.15) is 0 Å². The zero-order valence-corrected chi connectivity index (χ0v) is 14.5. The molecule has 3 aromatic rings. The number of carbonyl (C=O) groups excluding carboxylic acids is 1. The fourth-order valence-electron chi connectivity index (χ4n) is 3.62. The van der Waals surface area contributed by atoms with Crippen molar-refractivity contribution in [1.82, 2.24) is 4.90 Å². The Kier molecular flexibility index (Phi) is 4.16.